The number of benzene rings is 1. The van der Waals surface area contributed by atoms with E-state index < -0.39 is 0 Å². The van der Waals surface area contributed by atoms with Gasteiger partial charge in [0.05, 0.1) is 40.9 Å². The van der Waals surface area contributed by atoms with E-state index in [0.717, 1.165) is 86.7 Å². The van der Waals surface area contributed by atoms with E-state index in [-0.39, 0.29) is 6.10 Å². The van der Waals surface area contributed by atoms with E-state index in [4.69, 9.17) is 26.1 Å². The van der Waals surface area contributed by atoms with Gasteiger partial charge in [0.25, 0.3) is 0 Å². The second-order valence-electron chi connectivity index (χ2n) is 10.1. The van der Waals surface area contributed by atoms with Crippen LogP contribution in [0.5, 0.6) is 5.88 Å². The van der Waals surface area contributed by atoms with Crippen molar-refractivity contribution in [3.63, 3.8) is 0 Å². The molecule has 0 amide bonds. The minimum Gasteiger partial charge on any atom is -0.471 e. The van der Waals surface area contributed by atoms with Crippen molar-refractivity contribution < 1.29 is 14.3 Å². The van der Waals surface area contributed by atoms with Gasteiger partial charge >= 0.3 is 0 Å². The molecule has 0 bridgehead atoms. The summed E-state index contributed by atoms with van der Waals surface area (Å²) in [5, 5.41) is 4.18. The Bertz CT molecular complexity index is 1430. The van der Waals surface area contributed by atoms with Crippen LogP contribution in [0.2, 0.25) is 5.02 Å². The maximum Gasteiger partial charge on any atom is 0.215 e. The van der Waals surface area contributed by atoms with E-state index in [1.54, 1.807) is 12.3 Å². The van der Waals surface area contributed by atoms with Crippen molar-refractivity contribution in [2.75, 3.05) is 25.0 Å². The third-order valence-corrected chi connectivity index (χ3v) is 7.58. The van der Waals surface area contributed by atoms with Crippen LogP contribution in [-0.4, -0.2) is 62.5 Å². The fraction of sp³-hybridized carbons (Fsp3) is 0.379. The normalized spacial score (nSPS) is 18.1. The van der Waals surface area contributed by atoms with Crippen LogP contribution in [0, 0.1) is 0 Å². The first kappa shape index (κ1) is 25.7. The lowest BCUT2D eigenvalue weighted by molar-refractivity contribution is -0.0592. The SMILES string of the molecule is O=Cc1ccc2nc(CN3CCC(Nc4cccc(OCc5ccc(Cl)cn5)n4)CC3)n(C[C@@H]3CCO3)c2c1. The summed E-state index contributed by atoms with van der Waals surface area (Å²) >= 11 is 5.90. The number of carbonyl (C=O) groups excluding carboxylic acids is 1. The molecule has 1 N–H and O–H groups in total. The van der Waals surface area contributed by atoms with Gasteiger partial charge in [-0.25, -0.2) is 4.98 Å². The highest BCUT2D eigenvalue weighted by atomic mass is 35.5. The van der Waals surface area contributed by atoms with E-state index in [1.807, 2.05) is 42.5 Å². The molecule has 2 aliphatic heterocycles. The van der Waals surface area contributed by atoms with Gasteiger partial charge in [-0.3, -0.25) is 14.7 Å². The lowest BCUT2D eigenvalue weighted by Gasteiger charge is -2.33. The fourth-order valence-electron chi connectivity index (χ4n) is 5.08. The molecule has 0 radical (unpaired) electrons. The Balaban J connectivity index is 1.05. The van der Waals surface area contributed by atoms with Gasteiger partial charge in [-0.2, -0.15) is 4.98 Å². The first-order chi connectivity index (χ1) is 19.1. The molecule has 4 aromatic rings. The number of aromatic nitrogens is 4. The second kappa shape index (κ2) is 11.7. The van der Waals surface area contributed by atoms with E-state index in [2.05, 4.69) is 24.8 Å². The third-order valence-electron chi connectivity index (χ3n) is 7.35. The zero-order valence-corrected chi connectivity index (χ0v) is 22.4. The predicted octanol–water partition coefficient (Wildman–Crippen LogP) is 4.74. The molecule has 6 rings (SSSR count). The largest absolute Gasteiger partial charge is 0.471 e. The molecular weight excluding hydrogens is 516 g/mol. The van der Waals surface area contributed by atoms with Crippen LogP contribution in [0.4, 0.5) is 5.82 Å². The number of aldehydes is 1. The third kappa shape index (κ3) is 6.21. The molecular formula is C29H31ClN6O3. The first-order valence-corrected chi connectivity index (χ1v) is 13.8. The lowest BCUT2D eigenvalue weighted by atomic mass is 10.1. The lowest BCUT2D eigenvalue weighted by Crippen LogP contribution is -2.39. The number of nitrogens with one attached hydrogen (secondary N) is 1. The number of fused-ring (bicyclic) bond motifs is 1. The number of likely N-dealkylation sites (tertiary alicyclic amines) is 1. The molecule has 2 saturated heterocycles. The summed E-state index contributed by atoms with van der Waals surface area (Å²) in [5.41, 5.74) is 3.39. The number of carbonyl (C=O) groups is 1. The highest BCUT2D eigenvalue weighted by molar-refractivity contribution is 6.30. The Morgan fingerprint density at radius 2 is 1.97 bits per heavy atom. The number of halogens is 1. The average Bonchev–Trinajstić information content (AvgIpc) is 3.27. The zero-order chi connectivity index (χ0) is 26.6. The topological polar surface area (TPSA) is 94.4 Å². The summed E-state index contributed by atoms with van der Waals surface area (Å²) < 4.78 is 13.8. The highest BCUT2D eigenvalue weighted by Crippen LogP contribution is 2.24. The number of imidazole rings is 1. The molecule has 10 heteroatoms. The molecule has 0 unspecified atom stereocenters. The van der Waals surface area contributed by atoms with E-state index in [0.29, 0.717) is 29.1 Å². The fourth-order valence-corrected chi connectivity index (χ4v) is 5.19. The van der Waals surface area contributed by atoms with Gasteiger partial charge in [0.1, 0.15) is 24.5 Å². The smallest absolute Gasteiger partial charge is 0.215 e. The van der Waals surface area contributed by atoms with Crippen LogP contribution in [0.1, 0.15) is 41.1 Å². The summed E-state index contributed by atoms with van der Waals surface area (Å²) in [7, 11) is 0. The number of nitrogens with zero attached hydrogens (tertiary/aromatic N) is 5. The molecule has 1 aromatic carbocycles. The Labute approximate surface area is 232 Å². The first-order valence-electron chi connectivity index (χ1n) is 13.4. The van der Waals surface area contributed by atoms with Crippen molar-refractivity contribution in [3.05, 3.63) is 76.8 Å². The Hall–Kier alpha value is -3.53. The van der Waals surface area contributed by atoms with E-state index >= 15 is 0 Å². The van der Waals surface area contributed by atoms with Crippen molar-refractivity contribution >= 4 is 34.7 Å². The maximum atomic E-state index is 11.4. The molecule has 1 atom stereocenters. The summed E-state index contributed by atoms with van der Waals surface area (Å²) in [5.74, 6) is 2.39. The summed E-state index contributed by atoms with van der Waals surface area (Å²) in [6.07, 6.45) is 5.78. The molecule has 39 heavy (non-hydrogen) atoms. The van der Waals surface area contributed by atoms with Crippen molar-refractivity contribution in [2.24, 2.45) is 0 Å². The number of hydrogen-bond donors (Lipinski definition) is 1. The quantitative estimate of drug-likeness (QED) is 0.285. The predicted molar refractivity (Wildman–Crippen MR) is 149 cm³/mol. The number of ether oxygens (including phenoxy) is 2. The minimum atomic E-state index is 0.214. The van der Waals surface area contributed by atoms with Gasteiger partial charge in [-0.15, -0.1) is 0 Å². The van der Waals surface area contributed by atoms with Crippen molar-refractivity contribution in [2.45, 2.75) is 51.1 Å². The average molecular weight is 547 g/mol. The summed E-state index contributed by atoms with van der Waals surface area (Å²) in [4.78, 5) is 27.6. The van der Waals surface area contributed by atoms with Crippen molar-refractivity contribution in [1.82, 2.24) is 24.4 Å². The molecule has 0 spiro atoms. The Morgan fingerprint density at radius 3 is 2.72 bits per heavy atom. The molecule has 0 aliphatic carbocycles. The van der Waals surface area contributed by atoms with Gasteiger partial charge < -0.3 is 19.4 Å². The number of piperidine rings is 1. The molecule has 202 valence electrons. The van der Waals surface area contributed by atoms with Gasteiger partial charge in [0.15, 0.2) is 0 Å². The van der Waals surface area contributed by atoms with Gasteiger partial charge in [-0.05, 0) is 55.7 Å². The number of hydrogen-bond acceptors (Lipinski definition) is 8. The molecule has 9 nitrogen and oxygen atoms in total. The zero-order valence-electron chi connectivity index (χ0n) is 21.6. The maximum absolute atomic E-state index is 11.4. The number of rotatable bonds is 10. The minimum absolute atomic E-state index is 0.214. The van der Waals surface area contributed by atoms with E-state index in [9.17, 15) is 4.79 Å². The summed E-state index contributed by atoms with van der Waals surface area (Å²) in [6.45, 7) is 4.60. The molecule has 2 aliphatic rings. The number of pyridine rings is 2. The van der Waals surface area contributed by atoms with Crippen LogP contribution in [0.25, 0.3) is 11.0 Å². The van der Waals surface area contributed by atoms with Gasteiger partial charge in [-0.1, -0.05) is 17.7 Å². The van der Waals surface area contributed by atoms with Crippen LogP contribution >= 0.6 is 11.6 Å². The van der Waals surface area contributed by atoms with Crippen LogP contribution in [0.3, 0.4) is 0 Å². The van der Waals surface area contributed by atoms with Crippen LogP contribution in [-0.2, 0) is 24.4 Å². The standard InChI is InChI=1S/C29H31ClN6O3/c30-21-5-6-23(31-15-21)19-39-29-3-1-2-27(34-29)32-22-8-11-35(12-9-22)17-28-33-25-7-4-20(18-37)14-26(25)36(28)16-24-10-13-38-24/h1-7,14-15,18,22,24H,8-13,16-17,19H2,(H,32,34)/t24-/m0/s1. The van der Waals surface area contributed by atoms with Crippen molar-refractivity contribution in [1.29, 1.82) is 0 Å². The van der Waals surface area contributed by atoms with Crippen molar-refractivity contribution in [3.8, 4) is 5.88 Å². The molecule has 5 heterocycles. The van der Waals surface area contributed by atoms with Crippen LogP contribution in [0.15, 0.2) is 54.7 Å². The highest BCUT2D eigenvalue weighted by Gasteiger charge is 2.25. The molecule has 0 saturated carbocycles. The summed E-state index contributed by atoms with van der Waals surface area (Å²) in [6, 6.07) is 15.4. The van der Waals surface area contributed by atoms with Gasteiger partial charge in [0.2, 0.25) is 5.88 Å². The monoisotopic (exact) mass is 546 g/mol. The number of anilines is 1. The molecule has 3 aromatic heterocycles. The van der Waals surface area contributed by atoms with Crippen LogP contribution < -0.4 is 10.1 Å². The van der Waals surface area contributed by atoms with Gasteiger partial charge in [0, 0.05) is 43.6 Å². The Kier molecular flexibility index (Phi) is 7.71. The molecule has 2 fully saturated rings. The second-order valence-corrected chi connectivity index (χ2v) is 10.5. The Morgan fingerprint density at radius 1 is 1.10 bits per heavy atom. The van der Waals surface area contributed by atoms with E-state index in [1.165, 1.54) is 0 Å².